The van der Waals surface area contributed by atoms with Gasteiger partial charge in [-0.05, 0) is 56.8 Å². The van der Waals surface area contributed by atoms with Crippen LogP contribution in [-0.2, 0) is 12.6 Å². The van der Waals surface area contributed by atoms with Crippen molar-refractivity contribution in [1.29, 1.82) is 0 Å². The lowest BCUT2D eigenvalue weighted by Crippen LogP contribution is -2.46. The number of piperazine rings is 1. The van der Waals surface area contributed by atoms with Crippen LogP contribution in [0, 0.1) is 0 Å². The van der Waals surface area contributed by atoms with Crippen molar-refractivity contribution in [3.05, 3.63) is 35.2 Å². The molecule has 2 aromatic rings. The first-order valence-electron chi connectivity index (χ1n) is 13.2. The van der Waals surface area contributed by atoms with Gasteiger partial charge in [0, 0.05) is 43.6 Å². The number of carbonyl (C=O) groups excluding carboxylic acids is 1. The molecule has 0 unspecified atom stereocenters. The number of anilines is 4. The highest BCUT2D eigenvalue weighted by Gasteiger charge is 2.36. The quantitative estimate of drug-likeness (QED) is 0.404. The molecule has 1 aliphatic heterocycles. The third kappa shape index (κ3) is 6.47. The number of primary amides is 1. The molecule has 38 heavy (non-hydrogen) atoms. The first kappa shape index (κ1) is 27.9. The van der Waals surface area contributed by atoms with Gasteiger partial charge in [-0.25, -0.2) is 9.97 Å². The highest BCUT2D eigenvalue weighted by molar-refractivity contribution is 5.96. The second kappa shape index (κ2) is 11.7. The molecule has 0 spiro atoms. The molecule has 208 valence electrons. The smallest absolute Gasteiger partial charge is 0.393 e. The van der Waals surface area contributed by atoms with Crippen molar-refractivity contribution in [1.82, 2.24) is 14.9 Å². The molecule has 0 radical (unpaired) electrons. The van der Waals surface area contributed by atoms with Crippen LogP contribution in [0.15, 0.2) is 18.2 Å². The zero-order valence-electron chi connectivity index (χ0n) is 21.8. The highest BCUT2D eigenvalue weighted by Crippen LogP contribution is 2.39. The van der Waals surface area contributed by atoms with Crippen molar-refractivity contribution in [3.8, 4) is 0 Å². The molecule has 0 atom stereocenters. The number of aryl methyl sites for hydroxylation is 1. The van der Waals surface area contributed by atoms with Crippen LogP contribution in [0.4, 0.5) is 36.2 Å². The van der Waals surface area contributed by atoms with E-state index >= 15 is 0 Å². The number of carbonyl (C=O) groups is 1. The second-order valence-corrected chi connectivity index (χ2v) is 9.86. The Labute approximate surface area is 220 Å². The number of likely N-dealkylation sites (N-methyl/N-ethyl adjacent to an activating group) is 1. The summed E-state index contributed by atoms with van der Waals surface area (Å²) in [5.74, 6) is -0.392. The molecule has 5 N–H and O–H groups in total. The molecule has 2 fully saturated rings. The van der Waals surface area contributed by atoms with E-state index in [0.29, 0.717) is 57.0 Å². The number of nitrogens with two attached hydrogens (primary N) is 1. The summed E-state index contributed by atoms with van der Waals surface area (Å²) in [5.41, 5.74) is 5.46. The van der Waals surface area contributed by atoms with E-state index < -0.39 is 17.6 Å². The number of nitrogens with one attached hydrogen (secondary N) is 2. The van der Waals surface area contributed by atoms with E-state index in [1.807, 2.05) is 13.8 Å². The number of nitrogens with zero attached hydrogens (tertiary/aromatic N) is 4. The van der Waals surface area contributed by atoms with Crippen molar-refractivity contribution < 1.29 is 23.1 Å². The second-order valence-electron chi connectivity index (χ2n) is 9.86. The fourth-order valence-corrected chi connectivity index (χ4v) is 5.06. The van der Waals surface area contributed by atoms with Crippen LogP contribution in [-0.4, -0.2) is 70.8 Å². The Morgan fingerprint density at radius 1 is 1.08 bits per heavy atom. The maximum absolute atomic E-state index is 14.1. The van der Waals surface area contributed by atoms with Crippen LogP contribution in [0.3, 0.4) is 0 Å². The summed E-state index contributed by atoms with van der Waals surface area (Å²) in [6.07, 6.45) is -1.60. The van der Waals surface area contributed by atoms with Gasteiger partial charge in [-0.2, -0.15) is 13.2 Å². The Bertz CT molecular complexity index is 1130. The SMILES string of the molecule is CCc1nc(C(N)=O)c(Nc2ccc(N3CCN(CC)CC3)c(C(F)(F)F)c2)nc1N[C@H]1CC[C@H](O)CC1. The van der Waals surface area contributed by atoms with Crippen LogP contribution < -0.4 is 21.3 Å². The molecule has 0 bridgehead atoms. The number of alkyl halides is 3. The van der Waals surface area contributed by atoms with Gasteiger partial charge in [-0.15, -0.1) is 0 Å². The first-order chi connectivity index (χ1) is 18.1. The standard InChI is InChI=1S/C26H36F3N7O2/c1-3-20-24(31-16-5-8-18(37)9-6-16)34-25(22(33-20)23(30)38)32-17-7-10-21(19(15-17)26(27,28)29)36-13-11-35(4-2)12-14-36/h7,10,15-16,18,37H,3-6,8-9,11-14H2,1-2H3,(H2,30,38)(H2,31,32,34)/t16-,18-. The number of hydrogen-bond acceptors (Lipinski definition) is 8. The molecule has 4 rings (SSSR count). The fourth-order valence-electron chi connectivity index (χ4n) is 5.06. The number of rotatable bonds is 8. The summed E-state index contributed by atoms with van der Waals surface area (Å²) < 4.78 is 42.4. The van der Waals surface area contributed by atoms with Gasteiger partial charge >= 0.3 is 6.18 Å². The third-order valence-electron chi connectivity index (χ3n) is 7.30. The molecule has 9 nitrogen and oxygen atoms in total. The van der Waals surface area contributed by atoms with Gasteiger partial charge in [0.15, 0.2) is 11.5 Å². The van der Waals surface area contributed by atoms with Crippen molar-refractivity contribution in [2.75, 3.05) is 48.3 Å². The first-order valence-corrected chi connectivity index (χ1v) is 13.2. The monoisotopic (exact) mass is 535 g/mol. The van der Waals surface area contributed by atoms with E-state index in [0.717, 1.165) is 25.5 Å². The van der Waals surface area contributed by atoms with Gasteiger partial charge in [-0.1, -0.05) is 13.8 Å². The Hall–Kier alpha value is -3.12. The molecule has 1 aromatic carbocycles. The van der Waals surface area contributed by atoms with Gasteiger partial charge in [-0.3, -0.25) is 4.79 Å². The molecule has 1 saturated heterocycles. The zero-order valence-corrected chi connectivity index (χ0v) is 21.8. The lowest BCUT2D eigenvalue weighted by atomic mass is 9.93. The number of aromatic nitrogens is 2. The molecular formula is C26H36F3N7O2. The van der Waals surface area contributed by atoms with Crippen molar-refractivity contribution >= 4 is 28.9 Å². The fraction of sp³-hybridized carbons (Fsp3) is 0.577. The lowest BCUT2D eigenvalue weighted by Gasteiger charge is -2.36. The molecule has 1 aliphatic carbocycles. The molecule has 2 aliphatic rings. The van der Waals surface area contributed by atoms with E-state index in [1.54, 1.807) is 11.0 Å². The number of aliphatic hydroxyl groups is 1. The summed E-state index contributed by atoms with van der Waals surface area (Å²) >= 11 is 0. The number of aliphatic hydroxyl groups excluding tert-OH is 1. The van der Waals surface area contributed by atoms with Crippen LogP contribution in [0.1, 0.15) is 61.3 Å². The summed E-state index contributed by atoms with van der Waals surface area (Å²) in [6, 6.07) is 4.11. The Morgan fingerprint density at radius 2 is 1.76 bits per heavy atom. The molecule has 2 heterocycles. The molecular weight excluding hydrogens is 499 g/mol. The topological polar surface area (TPSA) is 120 Å². The minimum Gasteiger partial charge on any atom is -0.393 e. The summed E-state index contributed by atoms with van der Waals surface area (Å²) in [7, 11) is 0. The maximum Gasteiger partial charge on any atom is 0.418 e. The molecule has 1 amide bonds. The van der Waals surface area contributed by atoms with E-state index in [1.165, 1.54) is 6.07 Å². The van der Waals surface area contributed by atoms with Gasteiger partial charge in [0.05, 0.1) is 17.4 Å². The number of benzene rings is 1. The average molecular weight is 536 g/mol. The zero-order chi connectivity index (χ0) is 27.4. The predicted molar refractivity (Wildman–Crippen MR) is 141 cm³/mol. The van der Waals surface area contributed by atoms with Crippen LogP contribution >= 0.6 is 0 Å². The number of amides is 1. The summed E-state index contributed by atoms with van der Waals surface area (Å²) in [6.45, 7) is 7.18. The van der Waals surface area contributed by atoms with E-state index in [4.69, 9.17) is 5.73 Å². The summed E-state index contributed by atoms with van der Waals surface area (Å²) in [5, 5.41) is 16.0. The highest BCUT2D eigenvalue weighted by atomic mass is 19.4. The minimum atomic E-state index is -4.57. The number of hydrogen-bond donors (Lipinski definition) is 4. The number of halogens is 3. The van der Waals surface area contributed by atoms with Crippen LogP contribution in [0.2, 0.25) is 0 Å². The Morgan fingerprint density at radius 3 is 2.34 bits per heavy atom. The predicted octanol–water partition coefficient (Wildman–Crippen LogP) is 3.76. The van der Waals surface area contributed by atoms with E-state index in [9.17, 15) is 23.1 Å². The summed E-state index contributed by atoms with van der Waals surface area (Å²) in [4.78, 5) is 25.1. The maximum atomic E-state index is 14.1. The van der Waals surface area contributed by atoms with E-state index in [2.05, 4.69) is 25.5 Å². The van der Waals surface area contributed by atoms with Crippen molar-refractivity contribution in [3.63, 3.8) is 0 Å². The van der Waals surface area contributed by atoms with Crippen LogP contribution in [0.5, 0.6) is 0 Å². The van der Waals surface area contributed by atoms with Gasteiger partial charge < -0.3 is 31.3 Å². The lowest BCUT2D eigenvalue weighted by molar-refractivity contribution is -0.137. The largest absolute Gasteiger partial charge is 0.418 e. The van der Waals surface area contributed by atoms with Gasteiger partial charge in [0.25, 0.3) is 5.91 Å². The molecule has 1 saturated carbocycles. The van der Waals surface area contributed by atoms with Gasteiger partial charge in [0.1, 0.15) is 5.82 Å². The normalized spacial score (nSPS) is 20.8. The van der Waals surface area contributed by atoms with Crippen molar-refractivity contribution in [2.45, 2.75) is 64.3 Å². The third-order valence-corrected chi connectivity index (χ3v) is 7.30. The Balaban J connectivity index is 1.64. The van der Waals surface area contributed by atoms with E-state index in [-0.39, 0.29) is 35.0 Å². The van der Waals surface area contributed by atoms with Crippen LogP contribution in [0.25, 0.3) is 0 Å². The Kier molecular flexibility index (Phi) is 8.61. The van der Waals surface area contributed by atoms with Crippen molar-refractivity contribution in [2.24, 2.45) is 5.73 Å². The average Bonchev–Trinajstić information content (AvgIpc) is 2.89. The van der Waals surface area contributed by atoms with Gasteiger partial charge in [0.2, 0.25) is 0 Å². The molecule has 1 aromatic heterocycles. The molecule has 12 heteroatoms. The minimum absolute atomic E-state index is 0.00882.